The van der Waals surface area contributed by atoms with E-state index in [1.165, 1.54) is 5.56 Å². The summed E-state index contributed by atoms with van der Waals surface area (Å²) in [6, 6.07) is 12.4. The number of carbonyl (C=O) groups is 1. The SMILES string of the molecule is COc1ccc(CCCNC(=O)c2ccc(N3CC[C@@H](N(C)C)C3)nc2)cc1. The minimum Gasteiger partial charge on any atom is -0.497 e. The number of pyridine rings is 1. The Kier molecular flexibility index (Phi) is 6.87. The molecule has 28 heavy (non-hydrogen) atoms. The average molecular weight is 383 g/mol. The van der Waals surface area contributed by atoms with E-state index in [2.05, 4.69) is 46.3 Å². The Hall–Kier alpha value is -2.60. The zero-order chi connectivity index (χ0) is 19.9. The van der Waals surface area contributed by atoms with E-state index in [1.807, 2.05) is 24.3 Å². The summed E-state index contributed by atoms with van der Waals surface area (Å²) in [6.45, 7) is 2.63. The molecule has 2 heterocycles. The molecule has 0 aliphatic carbocycles. The lowest BCUT2D eigenvalue weighted by Gasteiger charge is -2.21. The molecule has 150 valence electrons. The number of hydrogen-bond acceptors (Lipinski definition) is 5. The quantitative estimate of drug-likeness (QED) is 0.711. The molecule has 6 heteroatoms. The van der Waals surface area contributed by atoms with Gasteiger partial charge in [-0.05, 0) is 63.2 Å². The molecular weight excluding hydrogens is 352 g/mol. The lowest BCUT2D eigenvalue weighted by atomic mass is 10.1. The second-order valence-electron chi connectivity index (χ2n) is 7.46. The molecule has 1 aromatic heterocycles. The Morgan fingerprint density at radius 1 is 1.25 bits per heavy atom. The molecule has 1 aromatic carbocycles. The Labute approximate surface area is 167 Å². The van der Waals surface area contributed by atoms with Crippen molar-refractivity contribution < 1.29 is 9.53 Å². The lowest BCUT2D eigenvalue weighted by molar-refractivity contribution is 0.0953. The van der Waals surface area contributed by atoms with Gasteiger partial charge in [0.05, 0.1) is 12.7 Å². The number of amides is 1. The normalized spacial score (nSPS) is 16.4. The second-order valence-corrected chi connectivity index (χ2v) is 7.46. The highest BCUT2D eigenvalue weighted by atomic mass is 16.5. The topological polar surface area (TPSA) is 57.7 Å². The van der Waals surface area contributed by atoms with E-state index in [9.17, 15) is 4.79 Å². The first-order chi connectivity index (χ1) is 13.6. The van der Waals surface area contributed by atoms with Crippen LogP contribution in [0.25, 0.3) is 0 Å². The highest BCUT2D eigenvalue weighted by Gasteiger charge is 2.24. The number of likely N-dealkylation sites (N-methyl/N-ethyl adjacent to an activating group) is 1. The van der Waals surface area contributed by atoms with Crippen LogP contribution in [0.1, 0.15) is 28.8 Å². The Morgan fingerprint density at radius 2 is 2.04 bits per heavy atom. The molecule has 0 unspecified atom stereocenters. The highest BCUT2D eigenvalue weighted by molar-refractivity contribution is 5.94. The van der Waals surface area contributed by atoms with Gasteiger partial charge in [-0.25, -0.2) is 4.98 Å². The van der Waals surface area contributed by atoms with Crippen LogP contribution in [0.2, 0.25) is 0 Å². The van der Waals surface area contributed by atoms with Gasteiger partial charge in [-0.2, -0.15) is 0 Å². The van der Waals surface area contributed by atoms with Crippen molar-refractivity contribution >= 4 is 11.7 Å². The van der Waals surface area contributed by atoms with Crippen molar-refractivity contribution in [3.63, 3.8) is 0 Å². The molecule has 0 spiro atoms. The molecule has 2 aromatic rings. The standard InChI is InChI=1S/C22H30N4O2/c1-25(2)19-12-14-26(16-19)21-11-8-18(15-24-21)22(27)23-13-4-5-17-6-9-20(28-3)10-7-17/h6-11,15,19H,4-5,12-14,16H2,1-3H3,(H,23,27)/t19-/m1/s1. The number of hydrogen-bond donors (Lipinski definition) is 1. The maximum absolute atomic E-state index is 12.3. The van der Waals surface area contributed by atoms with Crippen LogP contribution < -0.4 is 15.0 Å². The zero-order valence-corrected chi connectivity index (χ0v) is 17.0. The molecule has 0 saturated carbocycles. The number of rotatable bonds is 8. The van der Waals surface area contributed by atoms with Crippen LogP contribution in [-0.2, 0) is 6.42 Å². The van der Waals surface area contributed by atoms with E-state index < -0.39 is 0 Å². The molecule has 1 atom stereocenters. The van der Waals surface area contributed by atoms with E-state index in [0.29, 0.717) is 18.2 Å². The molecule has 1 aliphatic rings. The summed E-state index contributed by atoms with van der Waals surface area (Å²) in [5.74, 6) is 1.74. The summed E-state index contributed by atoms with van der Waals surface area (Å²) < 4.78 is 5.16. The number of nitrogens with zero attached hydrogens (tertiary/aromatic N) is 3. The molecule has 1 N–H and O–H groups in total. The van der Waals surface area contributed by atoms with Crippen molar-refractivity contribution in [1.82, 2.24) is 15.2 Å². The zero-order valence-electron chi connectivity index (χ0n) is 17.0. The van der Waals surface area contributed by atoms with E-state index in [0.717, 1.165) is 43.9 Å². The Bertz CT molecular complexity index is 759. The van der Waals surface area contributed by atoms with Gasteiger partial charge in [0, 0.05) is 31.9 Å². The largest absolute Gasteiger partial charge is 0.497 e. The van der Waals surface area contributed by atoms with E-state index in [4.69, 9.17) is 4.74 Å². The van der Waals surface area contributed by atoms with Crippen LogP contribution in [0.3, 0.4) is 0 Å². The average Bonchev–Trinajstić information content (AvgIpc) is 3.22. The summed E-state index contributed by atoms with van der Waals surface area (Å²) in [5.41, 5.74) is 1.85. The van der Waals surface area contributed by atoms with Crippen molar-refractivity contribution in [2.75, 3.05) is 45.7 Å². The molecule has 6 nitrogen and oxygen atoms in total. The van der Waals surface area contributed by atoms with Gasteiger partial charge in [-0.15, -0.1) is 0 Å². The smallest absolute Gasteiger partial charge is 0.252 e. The predicted molar refractivity (Wildman–Crippen MR) is 112 cm³/mol. The van der Waals surface area contributed by atoms with Crippen LogP contribution in [0, 0.1) is 0 Å². The minimum atomic E-state index is -0.0682. The lowest BCUT2D eigenvalue weighted by Crippen LogP contribution is -2.31. The van der Waals surface area contributed by atoms with Gasteiger partial charge in [-0.3, -0.25) is 4.79 Å². The summed E-state index contributed by atoms with van der Waals surface area (Å²) in [7, 11) is 5.89. The fourth-order valence-corrected chi connectivity index (χ4v) is 3.47. The molecule has 0 bridgehead atoms. The van der Waals surface area contributed by atoms with Gasteiger partial charge in [-0.1, -0.05) is 12.1 Å². The summed E-state index contributed by atoms with van der Waals surface area (Å²) in [4.78, 5) is 21.4. The van der Waals surface area contributed by atoms with Crippen LogP contribution in [-0.4, -0.2) is 62.7 Å². The van der Waals surface area contributed by atoms with E-state index in [-0.39, 0.29) is 5.91 Å². The molecule has 0 radical (unpaired) electrons. The van der Waals surface area contributed by atoms with Crippen molar-refractivity contribution in [2.45, 2.75) is 25.3 Å². The van der Waals surface area contributed by atoms with Crippen molar-refractivity contribution in [1.29, 1.82) is 0 Å². The first kappa shape index (κ1) is 20.1. The first-order valence-electron chi connectivity index (χ1n) is 9.85. The monoisotopic (exact) mass is 382 g/mol. The van der Waals surface area contributed by atoms with E-state index in [1.54, 1.807) is 13.3 Å². The Balaban J connectivity index is 1.43. The molecule has 3 rings (SSSR count). The van der Waals surface area contributed by atoms with Crippen LogP contribution in [0.15, 0.2) is 42.6 Å². The number of benzene rings is 1. The van der Waals surface area contributed by atoms with Crippen LogP contribution >= 0.6 is 0 Å². The molecular formula is C22H30N4O2. The van der Waals surface area contributed by atoms with Gasteiger partial charge in [0.2, 0.25) is 0 Å². The molecule has 1 saturated heterocycles. The number of carbonyl (C=O) groups excluding carboxylic acids is 1. The van der Waals surface area contributed by atoms with Crippen molar-refractivity contribution in [2.24, 2.45) is 0 Å². The highest BCUT2D eigenvalue weighted by Crippen LogP contribution is 2.20. The summed E-state index contributed by atoms with van der Waals surface area (Å²) in [6.07, 6.45) is 4.63. The third-order valence-electron chi connectivity index (χ3n) is 5.31. The van der Waals surface area contributed by atoms with Crippen LogP contribution in [0.5, 0.6) is 5.75 Å². The summed E-state index contributed by atoms with van der Waals surface area (Å²) in [5, 5.41) is 2.98. The summed E-state index contributed by atoms with van der Waals surface area (Å²) >= 11 is 0. The number of aryl methyl sites for hydroxylation is 1. The fourth-order valence-electron chi connectivity index (χ4n) is 3.47. The maximum Gasteiger partial charge on any atom is 0.252 e. The molecule has 1 amide bonds. The Morgan fingerprint density at radius 3 is 2.64 bits per heavy atom. The van der Waals surface area contributed by atoms with Crippen molar-refractivity contribution in [3.05, 3.63) is 53.7 Å². The fraction of sp³-hybridized carbons (Fsp3) is 0.455. The number of ether oxygens (including phenoxy) is 1. The van der Waals surface area contributed by atoms with Gasteiger partial charge < -0.3 is 19.9 Å². The predicted octanol–water partition coefficient (Wildman–Crippen LogP) is 2.59. The first-order valence-corrected chi connectivity index (χ1v) is 9.85. The molecule has 1 aliphatic heterocycles. The number of methoxy groups -OCH3 is 1. The minimum absolute atomic E-state index is 0.0682. The third kappa shape index (κ3) is 5.23. The van der Waals surface area contributed by atoms with Gasteiger partial charge in [0.25, 0.3) is 5.91 Å². The number of aromatic nitrogens is 1. The maximum atomic E-state index is 12.3. The van der Waals surface area contributed by atoms with E-state index >= 15 is 0 Å². The molecule has 1 fully saturated rings. The third-order valence-corrected chi connectivity index (χ3v) is 5.31. The van der Waals surface area contributed by atoms with Gasteiger partial charge in [0.15, 0.2) is 0 Å². The van der Waals surface area contributed by atoms with Gasteiger partial charge in [0.1, 0.15) is 11.6 Å². The van der Waals surface area contributed by atoms with Crippen LogP contribution in [0.4, 0.5) is 5.82 Å². The van der Waals surface area contributed by atoms with Crippen molar-refractivity contribution in [3.8, 4) is 5.75 Å². The van der Waals surface area contributed by atoms with Gasteiger partial charge >= 0.3 is 0 Å². The second kappa shape index (κ2) is 9.55. The number of nitrogens with one attached hydrogen (secondary N) is 1. The number of anilines is 1.